The molecule has 0 aliphatic heterocycles. The van der Waals surface area contributed by atoms with Gasteiger partial charge in [0.1, 0.15) is 0 Å². The van der Waals surface area contributed by atoms with Crippen LogP contribution in [0, 0.1) is 0 Å². The Bertz CT molecular complexity index is 798. The van der Waals surface area contributed by atoms with Crippen LogP contribution in [0.4, 0.5) is 0 Å². The Morgan fingerprint density at radius 2 is 1.41 bits per heavy atom. The predicted molar refractivity (Wildman–Crippen MR) is 114 cm³/mol. The van der Waals surface area contributed by atoms with Crippen LogP contribution in [-0.2, 0) is 4.79 Å². The minimum absolute atomic E-state index is 0.0735. The third-order valence-corrected chi connectivity index (χ3v) is 5.55. The molecular weight excluding hydrogens is 374 g/mol. The molecule has 0 aliphatic carbocycles. The van der Waals surface area contributed by atoms with Gasteiger partial charge in [0, 0.05) is 16.3 Å². The zero-order valence-electron chi connectivity index (χ0n) is 15.0. The molecule has 0 saturated carbocycles. The van der Waals surface area contributed by atoms with Crippen molar-refractivity contribution in [3.8, 4) is 0 Å². The third kappa shape index (κ3) is 6.16. The summed E-state index contributed by atoms with van der Waals surface area (Å²) < 4.78 is 0. The fraction of sp³-hybridized carbons (Fsp3) is 0.174. The second-order valence-corrected chi connectivity index (χ2v) is 7.83. The molecule has 27 heavy (non-hydrogen) atoms. The summed E-state index contributed by atoms with van der Waals surface area (Å²) in [5.41, 5.74) is 2.18. The van der Waals surface area contributed by atoms with E-state index < -0.39 is 0 Å². The van der Waals surface area contributed by atoms with E-state index in [2.05, 4.69) is 5.32 Å². The maximum Gasteiger partial charge on any atom is 0.220 e. The van der Waals surface area contributed by atoms with E-state index >= 15 is 0 Å². The van der Waals surface area contributed by atoms with Gasteiger partial charge in [-0.2, -0.15) is 0 Å². The topological polar surface area (TPSA) is 29.1 Å². The molecule has 0 atom stereocenters. The maximum atomic E-state index is 12.5. The molecule has 0 radical (unpaired) electrons. The zero-order chi connectivity index (χ0) is 18.9. The van der Waals surface area contributed by atoms with E-state index in [1.54, 1.807) is 11.8 Å². The predicted octanol–water partition coefficient (Wildman–Crippen LogP) is 6.12. The average Bonchev–Trinajstić information content (AvgIpc) is 2.72. The lowest BCUT2D eigenvalue weighted by molar-refractivity contribution is -0.121. The van der Waals surface area contributed by atoms with Crippen LogP contribution in [0.25, 0.3) is 0 Å². The molecule has 0 heterocycles. The first-order chi connectivity index (χ1) is 13.2. The van der Waals surface area contributed by atoms with Crippen LogP contribution in [0.3, 0.4) is 0 Å². The van der Waals surface area contributed by atoms with Crippen molar-refractivity contribution in [1.82, 2.24) is 5.32 Å². The number of carbonyl (C=O) groups excluding carboxylic acids is 1. The van der Waals surface area contributed by atoms with E-state index in [1.165, 1.54) is 4.90 Å². The van der Waals surface area contributed by atoms with E-state index in [9.17, 15) is 4.79 Å². The summed E-state index contributed by atoms with van der Waals surface area (Å²) >= 11 is 7.65. The largest absolute Gasteiger partial charge is 0.345 e. The minimum atomic E-state index is -0.121. The highest BCUT2D eigenvalue weighted by molar-refractivity contribution is 7.99. The van der Waals surface area contributed by atoms with Crippen molar-refractivity contribution in [3.05, 3.63) is 101 Å². The zero-order valence-corrected chi connectivity index (χ0v) is 16.5. The van der Waals surface area contributed by atoms with Crippen molar-refractivity contribution in [2.24, 2.45) is 0 Å². The second kappa shape index (κ2) is 10.2. The Balaban J connectivity index is 1.54. The molecule has 0 aliphatic rings. The normalized spacial score (nSPS) is 10.7. The number of amides is 1. The molecule has 2 nitrogen and oxygen atoms in total. The van der Waals surface area contributed by atoms with Gasteiger partial charge in [0.2, 0.25) is 5.91 Å². The first-order valence-corrected chi connectivity index (χ1v) is 10.4. The quantitative estimate of drug-likeness (QED) is 0.367. The maximum absolute atomic E-state index is 12.5. The standard InChI is InChI=1S/C23H22ClNOS/c24-20-13-15-21(16-14-20)27-17-7-12-22(26)25-23(18-8-3-1-4-9-18)19-10-5-2-6-11-19/h1-6,8-11,13-16,23H,7,12,17H2,(H,25,26). The van der Waals surface area contributed by atoms with Crippen molar-refractivity contribution in [1.29, 1.82) is 0 Å². The van der Waals surface area contributed by atoms with Gasteiger partial charge in [-0.25, -0.2) is 0 Å². The summed E-state index contributed by atoms with van der Waals surface area (Å²) in [6.07, 6.45) is 1.34. The van der Waals surface area contributed by atoms with Crippen LogP contribution in [-0.4, -0.2) is 11.7 Å². The van der Waals surface area contributed by atoms with Gasteiger partial charge in [-0.3, -0.25) is 4.79 Å². The van der Waals surface area contributed by atoms with Crippen LogP contribution >= 0.6 is 23.4 Å². The number of benzene rings is 3. The first-order valence-electron chi connectivity index (χ1n) is 9.00. The minimum Gasteiger partial charge on any atom is -0.345 e. The van der Waals surface area contributed by atoms with Gasteiger partial charge >= 0.3 is 0 Å². The molecule has 138 valence electrons. The van der Waals surface area contributed by atoms with Crippen molar-refractivity contribution in [2.45, 2.75) is 23.8 Å². The van der Waals surface area contributed by atoms with Gasteiger partial charge in [-0.05, 0) is 47.6 Å². The number of carbonyl (C=O) groups is 1. The van der Waals surface area contributed by atoms with Crippen LogP contribution in [0.15, 0.2) is 89.8 Å². The molecule has 0 aromatic heterocycles. The average molecular weight is 396 g/mol. The van der Waals surface area contributed by atoms with Crippen LogP contribution in [0.2, 0.25) is 5.02 Å². The lowest BCUT2D eigenvalue weighted by Gasteiger charge is -2.20. The molecule has 1 N–H and O–H groups in total. The molecule has 1 amide bonds. The van der Waals surface area contributed by atoms with E-state index in [-0.39, 0.29) is 11.9 Å². The first kappa shape index (κ1) is 19.5. The molecule has 0 bridgehead atoms. The Hall–Kier alpha value is -2.23. The smallest absolute Gasteiger partial charge is 0.220 e. The van der Waals surface area contributed by atoms with E-state index in [4.69, 9.17) is 11.6 Å². The van der Waals surface area contributed by atoms with Gasteiger partial charge in [-0.1, -0.05) is 72.3 Å². The van der Waals surface area contributed by atoms with Gasteiger partial charge in [-0.15, -0.1) is 11.8 Å². The van der Waals surface area contributed by atoms with Gasteiger partial charge in [0.25, 0.3) is 0 Å². The fourth-order valence-electron chi connectivity index (χ4n) is 2.84. The van der Waals surface area contributed by atoms with Crippen LogP contribution < -0.4 is 5.32 Å². The van der Waals surface area contributed by atoms with Crippen molar-refractivity contribution < 1.29 is 4.79 Å². The van der Waals surface area contributed by atoms with E-state index in [0.717, 1.165) is 28.3 Å². The molecular formula is C23H22ClNOS. The number of hydrogen-bond donors (Lipinski definition) is 1. The summed E-state index contributed by atoms with van der Waals surface area (Å²) in [7, 11) is 0. The Kier molecular flexibility index (Phi) is 7.37. The summed E-state index contributed by atoms with van der Waals surface area (Å²) in [5.74, 6) is 0.973. The second-order valence-electron chi connectivity index (χ2n) is 6.23. The van der Waals surface area contributed by atoms with E-state index in [0.29, 0.717) is 6.42 Å². The monoisotopic (exact) mass is 395 g/mol. The Morgan fingerprint density at radius 3 is 1.96 bits per heavy atom. The molecule has 0 saturated heterocycles. The summed E-state index contributed by atoms with van der Waals surface area (Å²) in [6, 6.07) is 27.8. The molecule has 0 unspecified atom stereocenters. The highest BCUT2D eigenvalue weighted by atomic mass is 35.5. The van der Waals surface area contributed by atoms with Crippen LogP contribution in [0.5, 0.6) is 0 Å². The highest BCUT2D eigenvalue weighted by Gasteiger charge is 2.16. The molecule has 3 aromatic rings. The summed E-state index contributed by atoms with van der Waals surface area (Å²) in [6.45, 7) is 0. The van der Waals surface area contributed by atoms with Crippen molar-refractivity contribution >= 4 is 29.3 Å². The third-order valence-electron chi connectivity index (χ3n) is 4.20. The molecule has 0 fully saturated rings. The van der Waals surface area contributed by atoms with Gasteiger partial charge < -0.3 is 5.32 Å². The molecule has 4 heteroatoms. The number of halogens is 1. The van der Waals surface area contributed by atoms with Gasteiger partial charge in [0.15, 0.2) is 0 Å². The molecule has 0 spiro atoms. The lowest BCUT2D eigenvalue weighted by atomic mass is 9.98. The number of thioether (sulfide) groups is 1. The Labute approximate surface area is 170 Å². The van der Waals surface area contributed by atoms with Crippen LogP contribution in [0.1, 0.15) is 30.0 Å². The fourth-order valence-corrected chi connectivity index (χ4v) is 3.82. The van der Waals surface area contributed by atoms with Crippen molar-refractivity contribution in [3.63, 3.8) is 0 Å². The summed E-state index contributed by atoms with van der Waals surface area (Å²) in [4.78, 5) is 13.7. The molecule has 3 aromatic carbocycles. The van der Waals surface area contributed by atoms with Gasteiger partial charge in [0.05, 0.1) is 6.04 Å². The number of nitrogens with one attached hydrogen (secondary N) is 1. The highest BCUT2D eigenvalue weighted by Crippen LogP contribution is 2.23. The molecule has 3 rings (SSSR count). The van der Waals surface area contributed by atoms with E-state index in [1.807, 2.05) is 84.9 Å². The van der Waals surface area contributed by atoms with Crippen molar-refractivity contribution in [2.75, 3.05) is 5.75 Å². The number of hydrogen-bond acceptors (Lipinski definition) is 2. The lowest BCUT2D eigenvalue weighted by Crippen LogP contribution is -2.29. The number of rotatable bonds is 8. The summed E-state index contributed by atoms with van der Waals surface area (Å²) in [5, 5.41) is 3.93. The SMILES string of the molecule is O=C(CCCSc1ccc(Cl)cc1)NC(c1ccccc1)c1ccccc1. The Morgan fingerprint density at radius 1 is 0.852 bits per heavy atom.